The first-order valence-corrected chi connectivity index (χ1v) is 4.66. The molecule has 0 aromatic carbocycles. The molecule has 12 heavy (non-hydrogen) atoms. The fourth-order valence-electron chi connectivity index (χ4n) is 1.30. The van der Waals surface area contributed by atoms with Crippen molar-refractivity contribution in [3.63, 3.8) is 0 Å². The first-order chi connectivity index (χ1) is 5.60. The fourth-order valence-corrected chi connectivity index (χ4v) is 1.30. The molecule has 0 aliphatic heterocycles. The van der Waals surface area contributed by atoms with Crippen molar-refractivity contribution in [1.29, 1.82) is 0 Å². The van der Waals surface area contributed by atoms with Crippen LogP contribution in [0.2, 0.25) is 0 Å². The predicted octanol–water partition coefficient (Wildman–Crippen LogP) is 2.62. The number of hydrogen-bond donors (Lipinski definition) is 0. The molecule has 0 bridgehead atoms. The van der Waals surface area contributed by atoms with Gasteiger partial charge < -0.3 is 4.74 Å². The van der Waals surface area contributed by atoms with Crippen LogP contribution in [-0.4, -0.2) is 13.1 Å². The molecule has 0 saturated carbocycles. The molecule has 0 aliphatic carbocycles. The van der Waals surface area contributed by atoms with Crippen LogP contribution < -0.4 is 0 Å². The van der Waals surface area contributed by atoms with Crippen molar-refractivity contribution in [3.05, 3.63) is 0 Å². The van der Waals surface area contributed by atoms with E-state index in [-0.39, 0.29) is 5.97 Å². The Morgan fingerprint density at radius 2 is 1.92 bits per heavy atom. The minimum atomic E-state index is -0.0918. The Morgan fingerprint density at radius 1 is 1.33 bits per heavy atom. The summed E-state index contributed by atoms with van der Waals surface area (Å²) < 4.78 is 4.60. The second-order valence-corrected chi connectivity index (χ2v) is 3.63. The molecule has 0 saturated heterocycles. The van der Waals surface area contributed by atoms with Crippen LogP contribution in [0.15, 0.2) is 0 Å². The number of ether oxygens (including phenoxy) is 1. The Kier molecular flexibility index (Phi) is 5.77. The number of carbonyl (C=O) groups excluding carboxylic acids is 1. The van der Waals surface area contributed by atoms with Gasteiger partial charge in [0.05, 0.1) is 7.11 Å². The molecule has 2 nitrogen and oxygen atoms in total. The summed E-state index contributed by atoms with van der Waals surface area (Å²) in [7, 11) is 1.44. The Labute approximate surface area is 75.3 Å². The van der Waals surface area contributed by atoms with Crippen LogP contribution in [0.3, 0.4) is 0 Å². The van der Waals surface area contributed by atoms with E-state index in [2.05, 4.69) is 25.5 Å². The standard InChI is InChI=1S/C10H20O2/c1-5-8(2)6-9(3)7-10(11)12-4/h8-9H,5-7H2,1-4H3. The van der Waals surface area contributed by atoms with E-state index in [1.54, 1.807) is 0 Å². The average Bonchev–Trinajstić information content (AvgIpc) is 2.03. The fraction of sp³-hybridized carbons (Fsp3) is 0.900. The molecular weight excluding hydrogens is 152 g/mol. The van der Waals surface area contributed by atoms with Crippen molar-refractivity contribution in [3.8, 4) is 0 Å². The van der Waals surface area contributed by atoms with E-state index in [1.807, 2.05) is 0 Å². The van der Waals surface area contributed by atoms with Crippen molar-refractivity contribution < 1.29 is 9.53 Å². The minimum absolute atomic E-state index is 0.0918. The third kappa shape index (κ3) is 5.16. The summed E-state index contributed by atoms with van der Waals surface area (Å²) in [5.74, 6) is 1.07. The number of esters is 1. The quantitative estimate of drug-likeness (QED) is 0.596. The van der Waals surface area contributed by atoms with Crippen molar-refractivity contribution in [2.75, 3.05) is 7.11 Å². The lowest BCUT2D eigenvalue weighted by molar-refractivity contribution is -0.141. The zero-order chi connectivity index (χ0) is 9.56. The molecule has 2 atom stereocenters. The molecule has 72 valence electrons. The Bertz CT molecular complexity index is 132. The molecule has 0 rings (SSSR count). The maximum Gasteiger partial charge on any atom is 0.305 e. The van der Waals surface area contributed by atoms with E-state index in [0.29, 0.717) is 18.3 Å². The van der Waals surface area contributed by atoms with Crippen LogP contribution in [0, 0.1) is 11.8 Å². The smallest absolute Gasteiger partial charge is 0.305 e. The van der Waals surface area contributed by atoms with Gasteiger partial charge in [-0.25, -0.2) is 0 Å². The molecule has 0 heterocycles. The van der Waals surface area contributed by atoms with E-state index < -0.39 is 0 Å². The number of carbonyl (C=O) groups is 1. The van der Waals surface area contributed by atoms with Gasteiger partial charge in [-0.15, -0.1) is 0 Å². The highest BCUT2D eigenvalue weighted by Crippen LogP contribution is 2.17. The SMILES string of the molecule is CCC(C)CC(C)CC(=O)OC. The summed E-state index contributed by atoms with van der Waals surface area (Å²) in [6.07, 6.45) is 2.86. The Morgan fingerprint density at radius 3 is 2.33 bits per heavy atom. The summed E-state index contributed by atoms with van der Waals surface area (Å²) in [4.78, 5) is 10.9. The lowest BCUT2D eigenvalue weighted by atomic mass is 9.93. The van der Waals surface area contributed by atoms with Gasteiger partial charge in [-0.2, -0.15) is 0 Å². The molecule has 2 heteroatoms. The molecule has 0 fully saturated rings. The van der Waals surface area contributed by atoms with Crippen molar-refractivity contribution in [1.82, 2.24) is 0 Å². The summed E-state index contributed by atoms with van der Waals surface area (Å²) in [6, 6.07) is 0. The van der Waals surface area contributed by atoms with Gasteiger partial charge in [0.2, 0.25) is 0 Å². The normalized spacial score (nSPS) is 15.3. The number of rotatable bonds is 5. The van der Waals surface area contributed by atoms with Crippen LogP contribution in [0.5, 0.6) is 0 Å². The molecule has 2 unspecified atom stereocenters. The molecule has 0 aromatic heterocycles. The molecule has 0 spiro atoms. The Balaban J connectivity index is 3.58. The third-order valence-corrected chi connectivity index (χ3v) is 2.24. The Hall–Kier alpha value is -0.530. The summed E-state index contributed by atoms with van der Waals surface area (Å²) in [5, 5.41) is 0. The average molecular weight is 172 g/mol. The first-order valence-electron chi connectivity index (χ1n) is 4.66. The van der Waals surface area contributed by atoms with Crippen LogP contribution in [-0.2, 0) is 9.53 Å². The second kappa shape index (κ2) is 6.04. The molecular formula is C10H20O2. The molecule has 0 aromatic rings. The first kappa shape index (κ1) is 11.5. The molecule has 0 radical (unpaired) electrons. The van der Waals surface area contributed by atoms with Gasteiger partial charge in [-0.3, -0.25) is 4.79 Å². The van der Waals surface area contributed by atoms with E-state index in [4.69, 9.17) is 0 Å². The summed E-state index contributed by atoms with van der Waals surface area (Å²) >= 11 is 0. The highest BCUT2D eigenvalue weighted by atomic mass is 16.5. The summed E-state index contributed by atoms with van der Waals surface area (Å²) in [6.45, 7) is 6.49. The number of hydrogen-bond acceptors (Lipinski definition) is 2. The highest BCUT2D eigenvalue weighted by molar-refractivity contribution is 5.69. The van der Waals surface area contributed by atoms with Gasteiger partial charge in [0.1, 0.15) is 0 Å². The largest absolute Gasteiger partial charge is 0.469 e. The van der Waals surface area contributed by atoms with Crippen molar-refractivity contribution >= 4 is 5.97 Å². The maximum absolute atomic E-state index is 10.9. The maximum atomic E-state index is 10.9. The van der Waals surface area contributed by atoms with Gasteiger partial charge in [-0.1, -0.05) is 27.2 Å². The lowest BCUT2D eigenvalue weighted by Gasteiger charge is -2.14. The van der Waals surface area contributed by atoms with Gasteiger partial charge in [-0.05, 0) is 18.3 Å². The zero-order valence-electron chi connectivity index (χ0n) is 8.59. The number of methoxy groups -OCH3 is 1. The van der Waals surface area contributed by atoms with E-state index in [0.717, 1.165) is 6.42 Å². The van der Waals surface area contributed by atoms with Crippen LogP contribution in [0.25, 0.3) is 0 Å². The van der Waals surface area contributed by atoms with Crippen LogP contribution in [0.1, 0.15) is 40.0 Å². The van der Waals surface area contributed by atoms with Crippen LogP contribution >= 0.6 is 0 Å². The van der Waals surface area contributed by atoms with Gasteiger partial charge in [0.25, 0.3) is 0 Å². The van der Waals surface area contributed by atoms with E-state index >= 15 is 0 Å². The van der Waals surface area contributed by atoms with Gasteiger partial charge in [0, 0.05) is 6.42 Å². The topological polar surface area (TPSA) is 26.3 Å². The minimum Gasteiger partial charge on any atom is -0.469 e. The van der Waals surface area contributed by atoms with Gasteiger partial charge >= 0.3 is 5.97 Å². The monoisotopic (exact) mass is 172 g/mol. The molecule has 0 aliphatic rings. The zero-order valence-corrected chi connectivity index (χ0v) is 8.59. The molecule has 0 amide bonds. The van der Waals surface area contributed by atoms with E-state index in [9.17, 15) is 4.79 Å². The highest BCUT2D eigenvalue weighted by Gasteiger charge is 2.11. The lowest BCUT2D eigenvalue weighted by Crippen LogP contribution is -2.09. The summed E-state index contributed by atoms with van der Waals surface area (Å²) in [5.41, 5.74) is 0. The molecule has 0 N–H and O–H groups in total. The van der Waals surface area contributed by atoms with E-state index in [1.165, 1.54) is 13.5 Å². The third-order valence-electron chi connectivity index (χ3n) is 2.24. The van der Waals surface area contributed by atoms with Crippen LogP contribution in [0.4, 0.5) is 0 Å². The van der Waals surface area contributed by atoms with Crippen molar-refractivity contribution in [2.45, 2.75) is 40.0 Å². The van der Waals surface area contributed by atoms with Gasteiger partial charge in [0.15, 0.2) is 0 Å². The van der Waals surface area contributed by atoms with Crippen molar-refractivity contribution in [2.24, 2.45) is 11.8 Å². The predicted molar refractivity (Wildman–Crippen MR) is 49.9 cm³/mol. The second-order valence-electron chi connectivity index (χ2n) is 3.63.